The van der Waals surface area contributed by atoms with Crippen molar-refractivity contribution in [2.45, 2.75) is 33.7 Å². The van der Waals surface area contributed by atoms with Gasteiger partial charge in [0, 0.05) is 23.7 Å². The lowest BCUT2D eigenvalue weighted by molar-refractivity contribution is -0.119. The summed E-state index contributed by atoms with van der Waals surface area (Å²) in [7, 11) is 0. The van der Waals surface area contributed by atoms with Crippen LogP contribution in [-0.4, -0.2) is 22.0 Å². The molecule has 0 bridgehead atoms. The molecule has 2 amide bonds. The van der Waals surface area contributed by atoms with Crippen LogP contribution < -0.4 is 10.6 Å². The first-order valence-electron chi connectivity index (χ1n) is 11.0. The Labute approximate surface area is 192 Å². The molecule has 168 valence electrons. The molecule has 4 rings (SSSR count). The number of pyridine rings is 1. The number of hydrogen-bond donors (Lipinski definition) is 2. The maximum Gasteiger partial charge on any atom is 0.259 e. The second kappa shape index (κ2) is 9.65. The summed E-state index contributed by atoms with van der Waals surface area (Å²) in [4.78, 5) is 29.9. The third-order valence-corrected chi connectivity index (χ3v) is 5.64. The lowest BCUT2D eigenvalue weighted by atomic mass is 10.0. The molecule has 0 aliphatic rings. The monoisotopic (exact) mass is 442 g/mol. The number of fused-ring (bicyclic) bond motifs is 1. The van der Waals surface area contributed by atoms with E-state index in [0.29, 0.717) is 40.3 Å². The van der Waals surface area contributed by atoms with Gasteiger partial charge in [0.1, 0.15) is 0 Å². The molecule has 0 spiro atoms. The summed E-state index contributed by atoms with van der Waals surface area (Å²) in [5.74, 6) is -0.331. The van der Waals surface area contributed by atoms with Gasteiger partial charge in [0.05, 0.1) is 22.3 Å². The van der Waals surface area contributed by atoms with Crippen molar-refractivity contribution in [3.8, 4) is 11.3 Å². The van der Waals surface area contributed by atoms with Crippen molar-refractivity contribution in [3.05, 3.63) is 77.5 Å². The standard InChI is InChI=1S/C26H26N4O3/c1-4-16(2)24(31)28-20-12-8-9-18(13-20)15-27-25(32)21-14-22(19-10-6-5-7-11-19)29-26-23(21)17(3)30-33-26/h5-14,16H,4,15H2,1-3H3,(H,27,32)(H,28,31). The Balaban J connectivity index is 1.56. The highest BCUT2D eigenvalue weighted by Gasteiger charge is 2.19. The highest BCUT2D eigenvalue weighted by Crippen LogP contribution is 2.27. The molecule has 2 N–H and O–H groups in total. The first-order valence-corrected chi connectivity index (χ1v) is 11.0. The summed E-state index contributed by atoms with van der Waals surface area (Å²) in [5.41, 5.74) is 4.50. The number of hydrogen-bond acceptors (Lipinski definition) is 5. The van der Waals surface area contributed by atoms with E-state index in [-0.39, 0.29) is 17.7 Å². The summed E-state index contributed by atoms with van der Waals surface area (Å²) in [6.07, 6.45) is 0.773. The minimum absolute atomic E-state index is 0.0192. The third kappa shape index (κ3) is 4.92. The number of aromatic nitrogens is 2. The van der Waals surface area contributed by atoms with Crippen LogP contribution in [0.1, 0.15) is 41.9 Å². The van der Waals surface area contributed by atoms with Crippen molar-refractivity contribution >= 4 is 28.6 Å². The Morgan fingerprint density at radius 3 is 2.61 bits per heavy atom. The number of aryl methyl sites for hydroxylation is 1. The molecule has 7 nitrogen and oxygen atoms in total. The molecule has 2 heterocycles. The summed E-state index contributed by atoms with van der Waals surface area (Å²) in [6.45, 7) is 5.97. The number of carbonyl (C=O) groups is 2. The summed E-state index contributed by atoms with van der Waals surface area (Å²) in [5, 5.41) is 10.5. The van der Waals surface area contributed by atoms with Crippen molar-refractivity contribution in [2.24, 2.45) is 5.92 Å². The normalized spacial score (nSPS) is 11.8. The lowest BCUT2D eigenvalue weighted by Gasteiger charge is -2.12. The predicted octanol–water partition coefficient (Wildman–Crippen LogP) is 5.11. The Morgan fingerprint density at radius 1 is 1.06 bits per heavy atom. The smallest absolute Gasteiger partial charge is 0.259 e. The van der Waals surface area contributed by atoms with Crippen LogP contribution in [0.3, 0.4) is 0 Å². The molecule has 0 aliphatic heterocycles. The zero-order valence-corrected chi connectivity index (χ0v) is 18.9. The highest BCUT2D eigenvalue weighted by atomic mass is 16.5. The molecule has 2 aromatic heterocycles. The number of amides is 2. The summed E-state index contributed by atoms with van der Waals surface area (Å²) >= 11 is 0. The number of benzene rings is 2. The Bertz CT molecular complexity index is 1300. The van der Waals surface area contributed by atoms with Gasteiger partial charge in [-0.3, -0.25) is 9.59 Å². The molecule has 1 unspecified atom stereocenters. The number of carbonyl (C=O) groups excluding carboxylic acids is 2. The molecule has 1 atom stereocenters. The van der Waals surface area contributed by atoms with Crippen LogP contribution in [0.4, 0.5) is 5.69 Å². The van der Waals surface area contributed by atoms with E-state index in [4.69, 9.17) is 4.52 Å². The van der Waals surface area contributed by atoms with Crippen LogP contribution >= 0.6 is 0 Å². The van der Waals surface area contributed by atoms with Gasteiger partial charge in [-0.05, 0) is 37.1 Å². The van der Waals surface area contributed by atoms with Crippen LogP contribution in [-0.2, 0) is 11.3 Å². The number of nitrogens with zero attached hydrogens (tertiary/aromatic N) is 2. The van der Waals surface area contributed by atoms with Gasteiger partial charge >= 0.3 is 0 Å². The number of anilines is 1. The molecular weight excluding hydrogens is 416 g/mol. The zero-order valence-electron chi connectivity index (χ0n) is 18.9. The molecule has 2 aromatic carbocycles. The van der Waals surface area contributed by atoms with E-state index < -0.39 is 0 Å². The van der Waals surface area contributed by atoms with E-state index >= 15 is 0 Å². The van der Waals surface area contributed by atoms with Gasteiger partial charge in [-0.1, -0.05) is 61.5 Å². The van der Waals surface area contributed by atoms with Gasteiger partial charge < -0.3 is 15.2 Å². The predicted molar refractivity (Wildman–Crippen MR) is 128 cm³/mol. The molecule has 7 heteroatoms. The Morgan fingerprint density at radius 2 is 1.85 bits per heavy atom. The lowest BCUT2D eigenvalue weighted by Crippen LogP contribution is -2.23. The molecule has 4 aromatic rings. The first kappa shape index (κ1) is 22.2. The topological polar surface area (TPSA) is 97.1 Å². The first-order chi connectivity index (χ1) is 16.0. The van der Waals surface area contributed by atoms with Crippen molar-refractivity contribution in [1.29, 1.82) is 0 Å². The molecule has 0 saturated heterocycles. The van der Waals surface area contributed by atoms with Crippen LogP contribution in [0.5, 0.6) is 0 Å². The average Bonchev–Trinajstić information content (AvgIpc) is 3.22. The molecule has 33 heavy (non-hydrogen) atoms. The second-order valence-electron chi connectivity index (χ2n) is 8.05. The van der Waals surface area contributed by atoms with Gasteiger partial charge in [0.2, 0.25) is 5.91 Å². The SMILES string of the molecule is CCC(C)C(=O)Nc1cccc(CNC(=O)c2cc(-c3ccccc3)nc3onc(C)c23)c1. The van der Waals surface area contributed by atoms with Gasteiger partial charge in [-0.2, -0.15) is 0 Å². The van der Waals surface area contributed by atoms with Gasteiger partial charge in [0.15, 0.2) is 0 Å². The zero-order chi connectivity index (χ0) is 23.4. The van der Waals surface area contributed by atoms with E-state index in [9.17, 15) is 9.59 Å². The van der Waals surface area contributed by atoms with E-state index in [1.807, 2.05) is 68.4 Å². The maximum absolute atomic E-state index is 13.2. The summed E-state index contributed by atoms with van der Waals surface area (Å²) in [6, 6.07) is 18.8. The third-order valence-electron chi connectivity index (χ3n) is 5.64. The average molecular weight is 443 g/mol. The van der Waals surface area contributed by atoms with E-state index in [1.165, 1.54) is 0 Å². The largest absolute Gasteiger partial charge is 0.348 e. The fourth-order valence-electron chi connectivity index (χ4n) is 3.52. The van der Waals surface area contributed by atoms with Crippen LogP contribution in [0.2, 0.25) is 0 Å². The van der Waals surface area contributed by atoms with Gasteiger partial charge in [0.25, 0.3) is 11.6 Å². The molecule has 0 radical (unpaired) electrons. The van der Waals surface area contributed by atoms with Crippen LogP contribution in [0, 0.1) is 12.8 Å². The van der Waals surface area contributed by atoms with Gasteiger partial charge in [-0.25, -0.2) is 4.98 Å². The minimum atomic E-state index is -0.250. The van der Waals surface area contributed by atoms with Crippen molar-refractivity contribution in [2.75, 3.05) is 5.32 Å². The van der Waals surface area contributed by atoms with Gasteiger partial charge in [-0.15, -0.1) is 0 Å². The van der Waals surface area contributed by atoms with Crippen molar-refractivity contribution in [3.63, 3.8) is 0 Å². The van der Waals surface area contributed by atoms with Crippen LogP contribution in [0.15, 0.2) is 65.2 Å². The van der Waals surface area contributed by atoms with Crippen LogP contribution in [0.25, 0.3) is 22.4 Å². The minimum Gasteiger partial charge on any atom is -0.348 e. The Kier molecular flexibility index (Phi) is 6.49. The number of rotatable bonds is 7. The fraction of sp³-hybridized carbons (Fsp3) is 0.231. The van der Waals surface area contributed by atoms with Crippen molar-refractivity contribution in [1.82, 2.24) is 15.5 Å². The molecule has 0 saturated carbocycles. The van der Waals surface area contributed by atoms with Crippen molar-refractivity contribution < 1.29 is 14.1 Å². The number of nitrogens with one attached hydrogen (secondary N) is 2. The van der Waals surface area contributed by atoms with E-state index in [1.54, 1.807) is 13.0 Å². The second-order valence-corrected chi connectivity index (χ2v) is 8.05. The highest BCUT2D eigenvalue weighted by molar-refractivity contribution is 6.07. The quantitative estimate of drug-likeness (QED) is 0.414. The maximum atomic E-state index is 13.2. The molecular formula is C26H26N4O3. The van der Waals surface area contributed by atoms with E-state index in [2.05, 4.69) is 20.8 Å². The molecule has 0 aliphatic carbocycles. The Hall–Kier alpha value is -4.00. The molecule has 0 fully saturated rings. The summed E-state index contributed by atoms with van der Waals surface area (Å²) < 4.78 is 5.36. The fourth-order valence-corrected chi connectivity index (χ4v) is 3.52. The van der Waals surface area contributed by atoms with E-state index in [0.717, 1.165) is 17.5 Å².